The minimum atomic E-state index is -0.742. The van der Waals surface area contributed by atoms with E-state index in [1.54, 1.807) is 4.90 Å². The molecule has 19 heavy (non-hydrogen) atoms. The molecular weight excluding hydrogens is 244 g/mol. The molecule has 0 spiro atoms. The second-order valence-electron chi connectivity index (χ2n) is 5.34. The summed E-state index contributed by atoms with van der Waals surface area (Å²) in [6.07, 6.45) is 7.92. The van der Waals surface area contributed by atoms with Crippen LogP contribution in [0.2, 0.25) is 0 Å². The quantitative estimate of drug-likeness (QED) is 0.765. The molecule has 0 radical (unpaired) electrons. The SMILES string of the molecule is O=C(O)C1CCN(C(=O)NCCC2=CCCC2)CC1. The number of hydrogen-bond acceptors (Lipinski definition) is 2. The van der Waals surface area contributed by atoms with Gasteiger partial charge in [0.1, 0.15) is 0 Å². The number of carbonyl (C=O) groups excluding carboxylic acids is 1. The summed E-state index contributed by atoms with van der Waals surface area (Å²) in [7, 11) is 0. The Hall–Kier alpha value is -1.52. The summed E-state index contributed by atoms with van der Waals surface area (Å²) >= 11 is 0. The van der Waals surface area contributed by atoms with Crippen LogP contribution in [-0.2, 0) is 4.79 Å². The van der Waals surface area contributed by atoms with Gasteiger partial charge in [-0.3, -0.25) is 4.79 Å². The lowest BCUT2D eigenvalue weighted by molar-refractivity contribution is -0.143. The number of amides is 2. The zero-order chi connectivity index (χ0) is 13.7. The number of nitrogens with zero attached hydrogens (tertiary/aromatic N) is 1. The van der Waals surface area contributed by atoms with Crippen molar-refractivity contribution in [3.05, 3.63) is 11.6 Å². The van der Waals surface area contributed by atoms with Crippen molar-refractivity contribution in [3.8, 4) is 0 Å². The number of rotatable bonds is 4. The second kappa shape index (κ2) is 6.59. The third-order valence-corrected chi connectivity index (χ3v) is 3.99. The van der Waals surface area contributed by atoms with Gasteiger partial charge in [0.15, 0.2) is 0 Å². The van der Waals surface area contributed by atoms with Gasteiger partial charge in [0, 0.05) is 19.6 Å². The van der Waals surface area contributed by atoms with Crippen molar-refractivity contribution in [2.75, 3.05) is 19.6 Å². The Kier molecular flexibility index (Phi) is 4.82. The van der Waals surface area contributed by atoms with Crippen LogP contribution in [0.1, 0.15) is 38.5 Å². The largest absolute Gasteiger partial charge is 0.481 e. The first-order chi connectivity index (χ1) is 9.16. The van der Waals surface area contributed by atoms with Crippen LogP contribution in [0.5, 0.6) is 0 Å². The van der Waals surface area contributed by atoms with Gasteiger partial charge in [-0.1, -0.05) is 11.6 Å². The number of carboxylic acids is 1. The Balaban J connectivity index is 1.65. The van der Waals surface area contributed by atoms with Crippen molar-refractivity contribution in [1.29, 1.82) is 0 Å². The number of nitrogens with one attached hydrogen (secondary N) is 1. The molecule has 1 saturated heterocycles. The van der Waals surface area contributed by atoms with Gasteiger partial charge in [0.2, 0.25) is 0 Å². The maximum Gasteiger partial charge on any atom is 0.317 e. The third kappa shape index (κ3) is 3.98. The van der Waals surface area contributed by atoms with Crippen LogP contribution in [0.15, 0.2) is 11.6 Å². The van der Waals surface area contributed by atoms with E-state index < -0.39 is 5.97 Å². The highest BCUT2D eigenvalue weighted by Gasteiger charge is 2.26. The lowest BCUT2D eigenvalue weighted by Gasteiger charge is -2.30. The molecule has 1 fully saturated rings. The molecule has 0 aromatic carbocycles. The van der Waals surface area contributed by atoms with E-state index in [9.17, 15) is 9.59 Å². The molecule has 5 nitrogen and oxygen atoms in total. The molecule has 0 saturated carbocycles. The van der Waals surface area contributed by atoms with E-state index >= 15 is 0 Å². The Morgan fingerprint density at radius 3 is 2.68 bits per heavy atom. The van der Waals surface area contributed by atoms with Crippen LogP contribution in [0.25, 0.3) is 0 Å². The fourth-order valence-corrected chi connectivity index (χ4v) is 2.74. The van der Waals surface area contributed by atoms with Crippen LogP contribution < -0.4 is 5.32 Å². The normalized spacial score (nSPS) is 20.2. The molecule has 0 atom stereocenters. The molecule has 0 aromatic rings. The highest BCUT2D eigenvalue weighted by Crippen LogP contribution is 2.20. The smallest absolute Gasteiger partial charge is 0.317 e. The van der Waals surface area contributed by atoms with E-state index in [4.69, 9.17) is 5.11 Å². The van der Waals surface area contributed by atoms with Crippen molar-refractivity contribution in [3.63, 3.8) is 0 Å². The Bertz CT molecular complexity index is 371. The van der Waals surface area contributed by atoms with Gasteiger partial charge in [-0.05, 0) is 38.5 Å². The maximum atomic E-state index is 11.9. The number of carboxylic acid groups (broad SMARTS) is 1. The second-order valence-corrected chi connectivity index (χ2v) is 5.34. The van der Waals surface area contributed by atoms with Crippen LogP contribution in [-0.4, -0.2) is 41.6 Å². The first kappa shape index (κ1) is 13.9. The molecule has 1 aliphatic carbocycles. The summed E-state index contributed by atoms with van der Waals surface area (Å²) in [5.41, 5.74) is 1.45. The van der Waals surface area contributed by atoms with E-state index in [-0.39, 0.29) is 11.9 Å². The van der Waals surface area contributed by atoms with Crippen molar-refractivity contribution in [1.82, 2.24) is 10.2 Å². The Labute approximate surface area is 113 Å². The Morgan fingerprint density at radius 2 is 2.11 bits per heavy atom. The zero-order valence-corrected chi connectivity index (χ0v) is 11.2. The predicted molar refractivity (Wildman–Crippen MR) is 71.9 cm³/mol. The summed E-state index contributed by atoms with van der Waals surface area (Å²) in [6.45, 7) is 1.78. The topological polar surface area (TPSA) is 69.6 Å². The van der Waals surface area contributed by atoms with Crippen LogP contribution in [0, 0.1) is 5.92 Å². The summed E-state index contributed by atoms with van der Waals surface area (Å²) in [5, 5.41) is 11.8. The van der Waals surface area contributed by atoms with Crippen molar-refractivity contribution < 1.29 is 14.7 Å². The standard InChI is InChI=1S/C14H22N2O3/c17-13(18)12-6-9-16(10-7-12)14(19)15-8-5-11-3-1-2-4-11/h3,12H,1-2,4-10H2,(H,15,19)(H,17,18). The number of urea groups is 1. The van der Waals surface area contributed by atoms with Crippen LogP contribution >= 0.6 is 0 Å². The van der Waals surface area contributed by atoms with Crippen LogP contribution in [0.3, 0.4) is 0 Å². The maximum absolute atomic E-state index is 11.9. The first-order valence-corrected chi connectivity index (χ1v) is 7.10. The lowest BCUT2D eigenvalue weighted by atomic mass is 9.97. The third-order valence-electron chi connectivity index (χ3n) is 3.99. The molecular formula is C14H22N2O3. The lowest BCUT2D eigenvalue weighted by Crippen LogP contribution is -2.45. The summed E-state index contributed by atoms with van der Waals surface area (Å²) in [5.74, 6) is -1.03. The zero-order valence-electron chi connectivity index (χ0n) is 11.2. The number of aliphatic carboxylic acids is 1. The van der Waals surface area contributed by atoms with Crippen LogP contribution in [0.4, 0.5) is 4.79 Å². The van der Waals surface area contributed by atoms with E-state index in [0.717, 1.165) is 6.42 Å². The van der Waals surface area contributed by atoms with Gasteiger partial charge >= 0.3 is 12.0 Å². The molecule has 5 heteroatoms. The van der Waals surface area contributed by atoms with Gasteiger partial charge in [0.05, 0.1) is 5.92 Å². The van der Waals surface area contributed by atoms with Gasteiger partial charge in [-0.25, -0.2) is 4.79 Å². The first-order valence-electron chi connectivity index (χ1n) is 7.10. The number of piperidine rings is 1. The molecule has 0 bridgehead atoms. The molecule has 2 rings (SSSR count). The molecule has 1 aliphatic heterocycles. The molecule has 0 unspecified atom stereocenters. The predicted octanol–water partition coefficient (Wildman–Crippen LogP) is 1.99. The minimum Gasteiger partial charge on any atom is -0.481 e. The molecule has 2 aliphatic rings. The monoisotopic (exact) mass is 266 g/mol. The fraction of sp³-hybridized carbons (Fsp3) is 0.714. The molecule has 1 heterocycles. The average Bonchev–Trinajstić information content (AvgIpc) is 2.92. The van der Waals surface area contributed by atoms with E-state index in [0.29, 0.717) is 32.5 Å². The van der Waals surface area contributed by atoms with E-state index in [2.05, 4.69) is 11.4 Å². The van der Waals surface area contributed by atoms with Crippen molar-refractivity contribution in [2.45, 2.75) is 38.5 Å². The van der Waals surface area contributed by atoms with Crippen molar-refractivity contribution >= 4 is 12.0 Å². The molecule has 0 aromatic heterocycles. The summed E-state index contributed by atoms with van der Waals surface area (Å²) in [4.78, 5) is 24.4. The average molecular weight is 266 g/mol. The van der Waals surface area contributed by atoms with Gasteiger partial charge in [0.25, 0.3) is 0 Å². The van der Waals surface area contributed by atoms with Gasteiger partial charge in [-0.15, -0.1) is 0 Å². The van der Waals surface area contributed by atoms with Gasteiger partial charge < -0.3 is 15.3 Å². The summed E-state index contributed by atoms with van der Waals surface area (Å²) in [6, 6.07) is -0.0533. The molecule has 2 N–H and O–H groups in total. The summed E-state index contributed by atoms with van der Waals surface area (Å²) < 4.78 is 0. The van der Waals surface area contributed by atoms with E-state index in [1.807, 2.05) is 0 Å². The Morgan fingerprint density at radius 1 is 1.37 bits per heavy atom. The number of likely N-dealkylation sites (tertiary alicyclic amines) is 1. The highest BCUT2D eigenvalue weighted by molar-refractivity contribution is 5.75. The van der Waals surface area contributed by atoms with E-state index in [1.165, 1.54) is 24.8 Å². The van der Waals surface area contributed by atoms with Crippen molar-refractivity contribution in [2.24, 2.45) is 5.92 Å². The minimum absolute atomic E-state index is 0.0533. The number of allylic oxidation sites excluding steroid dienone is 1. The molecule has 106 valence electrons. The number of carbonyl (C=O) groups is 2. The fourth-order valence-electron chi connectivity index (χ4n) is 2.74. The molecule has 2 amide bonds. The highest BCUT2D eigenvalue weighted by atomic mass is 16.4. The van der Waals surface area contributed by atoms with Gasteiger partial charge in [-0.2, -0.15) is 0 Å². The number of hydrogen-bond donors (Lipinski definition) is 2.